The third-order valence-electron chi connectivity index (χ3n) is 3.04. The van der Waals surface area contributed by atoms with E-state index in [1.54, 1.807) is 0 Å². The first-order valence-electron chi connectivity index (χ1n) is 5.97. The molecule has 2 aromatic rings. The van der Waals surface area contributed by atoms with Crippen LogP contribution in [0.4, 0.5) is 0 Å². The lowest BCUT2D eigenvalue weighted by atomic mass is 9.99. The summed E-state index contributed by atoms with van der Waals surface area (Å²) in [7, 11) is 1.98. The molecule has 2 aromatic carbocycles. The molecule has 1 atom stereocenters. The van der Waals surface area contributed by atoms with E-state index in [4.69, 9.17) is 11.6 Å². The van der Waals surface area contributed by atoms with Gasteiger partial charge in [0.25, 0.3) is 0 Å². The fourth-order valence-electron chi connectivity index (χ4n) is 2.01. The first-order chi connectivity index (χ1) is 9.10. The van der Waals surface area contributed by atoms with Crippen LogP contribution in [0.2, 0.25) is 5.02 Å². The van der Waals surface area contributed by atoms with Gasteiger partial charge in [0.1, 0.15) is 0 Å². The molecule has 0 heterocycles. The minimum atomic E-state index is 0.257. The van der Waals surface area contributed by atoms with Gasteiger partial charge in [-0.2, -0.15) is 0 Å². The first-order valence-corrected chi connectivity index (χ1v) is 7.93. The van der Waals surface area contributed by atoms with Crippen LogP contribution in [0.3, 0.4) is 0 Å². The Kier molecular flexibility index (Phi) is 5.46. The highest BCUT2D eigenvalue weighted by atomic mass is 79.9. The molecule has 0 amide bonds. The molecule has 0 aliphatic rings. The lowest BCUT2D eigenvalue weighted by Crippen LogP contribution is -2.19. The van der Waals surface area contributed by atoms with Crippen molar-refractivity contribution in [2.24, 2.45) is 0 Å². The van der Waals surface area contributed by atoms with Gasteiger partial charge >= 0.3 is 0 Å². The van der Waals surface area contributed by atoms with Crippen LogP contribution in [0.25, 0.3) is 0 Å². The SMILES string of the molecule is CNC(Cc1ccc(Cl)cc1)c1cc(Br)ccc1Br. The van der Waals surface area contributed by atoms with Gasteiger partial charge in [-0.15, -0.1) is 0 Å². The number of nitrogens with one attached hydrogen (secondary N) is 1. The zero-order valence-corrected chi connectivity index (χ0v) is 14.4. The van der Waals surface area contributed by atoms with Crippen molar-refractivity contribution >= 4 is 43.5 Å². The molecule has 0 bridgehead atoms. The lowest BCUT2D eigenvalue weighted by molar-refractivity contribution is 0.589. The van der Waals surface area contributed by atoms with E-state index < -0.39 is 0 Å². The minimum absolute atomic E-state index is 0.257. The molecule has 1 nitrogen and oxygen atoms in total. The Labute approximate surface area is 135 Å². The van der Waals surface area contributed by atoms with Crippen molar-refractivity contribution < 1.29 is 0 Å². The Morgan fingerprint density at radius 2 is 1.79 bits per heavy atom. The van der Waals surface area contributed by atoms with Crippen LogP contribution in [-0.2, 0) is 6.42 Å². The monoisotopic (exact) mass is 401 g/mol. The second-order valence-corrected chi connectivity index (χ2v) is 6.54. The summed E-state index contributed by atoms with van der Waals surface area (Å²) in [6.45, 7) is 0. The van der Waals surface area contributed by atoms with Crippen LogP contribution in [0.15, 0.2) is 51.4 Å². The predicted octanol–water partition coefficient (Wildman–Crippen LogP) is 5.37. The number of halogens is 3. The molecule has 0 saturated carbocycles. The number of benzene rings is 2. The van der Waals surface area contributed by atoms with Crippen LogP contribution >= 0.6 is 43.5 Å². The number of hydrogen-bond donors (Lipinski definition) is 1. The van der Waals surface area contributed by atoms with Gasteiger partial charge in [0.2, 0.25) is 0 Å². The van der Waals surface area contributed by atoms with E-state index in [0.29, 0.717) is 0 Å². The summed E-state index contributed by atoms with van der Waals surface area (Å²) in [6.07, 6.45) is 0.919. The van der Waals surface area contributed by atoms with Crippen molar-refractivity contribution in [3.8, 4) is 0 Å². The van der Waals surface area contributed by atoms with Gasteiger partial charge < -0.3 is 5.32 Å². The van der Waals surface area contributed by atoms with Gasteiger partial charge in [-0.05, 0) is 54.9 Å². The average molecular weight is 404 g/mol. The standard InChI is InChI=1S/C15H14Br2ClN/c1-19-15(8-10-2-5-12(18)6-3-10)13-9-11(16)4-7-14(13)17/h2-7,9,15,19H,8H2,1H3. The maximum atomic E-state index is 5.92. The minimum Gasteiger partial charge on any atom is -0.313 e. The van der Waals surface area contributed by atoms with E-state index in [1.807, 2.05) is 25.2 Å². The first kappa shape index (κ1) is 15.0. The smallest absolute Gasteiger partial charge is 0.0406 e. The molecule has 0 radical (unpaired) electrons. The van der Waals surface area contributed by atoms with Crippen molar-refractivity contribution in [3.63, 3.8) is 0 Å². The van der Waals surface area contributed by atoms with E-state index in [0.717, 1.165) is 20.4 Å². The third-order valence-corrected chi connectivity index (χ3v) is 4.50. The second kappa shape index (κ2) is 6.89. The Balaban J connectivity index is 2.24. The van der Waals surface area contributed by atoms with Crippen LogP contribution in [0.5, 0.6) is 0 Å². The molecule has 0 saturated heterocycles. The highest BCUT2D eigenvalue weighted by Gasteiger charge is 2.13. The van der Waals surface area contributed by atoms with E-state index in [-0.39, 0.29) is 6.04 Å². The molecular formula is C15H14Br2ClN. The molecule has 19 heavy (non-hydrogen) atoms. The maximum absolute atomic E-state index is 5.92. The summed E-state index contributed by atoms with van der Waals surface area (Å²) in [5.74, 6) is 0. The predicted molar refractivity (Wildman–Crippen MR) is 88.8 cm³/mol. The van der Waals surface area contributed by atoms with Crippen molar-refractivity contribution in [2.45, 2.75) is 12.5 Å². The van der Waals surface area contributed by atoms with E-state index >= 15 is 0 Å². The van der Waals surface area contributed by atoms with Gasteiger partial charge in [0, 0.05) is 20.0 Å². The van der Waals surface area contributed by atoms with Crippen molar-refractivity contribution in [1.82, 2.24) is 5.32 Å². The van der Waals surface area contributed by atoms with Crippen molar-refractivity contribution in [1.29, 1.82) is 0 Å². The molecule has 0 aromatic heterocycles. The zero-order valence-electron chi connectivity index (χ0n) is 10.5. The molecule has 0 aliphatic heterocycles. The lowest BCUT2D eigenvalue weighted by Gasteiger charge is -2.19. The number of rotatable bonds is 4. The van der Waals surface area contributed by atoms with Crippen LogP contribution in [-0.4, -0.2) is 7.05 Å². The Hall–Kier alpha value is -0.350. The molecule has 1 unspecified atom stereocenters. The Morgan fingerprint density at radius 1 is 1.11 bits per heavy atom. The quantitative estimate of drug-likeness (QED) is 0.724. The fraction of sp³-hybridized carbons (Fsp3) is 0.200. The van der Waals surface area contributed by atoms with Crippen molar-refractivity contribution in [3.05, 3.63) is 67.6 Å². The fourth-order valence-corrected chi connectivity index (χ4v) is 3.03. The van der Waals surface area contributed by atoms with Crippen LogP contribution in [0.1, 0.15) is 17.2 Å². The third kappa shape index (κ3) is 4.06. The normalized spacial score (nSPS) is 12.4. The topological polar surface area (TPSA) is 12.0 Å². The maximum Gasteiger partial charge on any atom is 0.0406 e. The van der Waals surface area contributed by atoms with Gasteiger partial charge in [-0.3, -0.25) is 0 Å². The molecule has 0 spiro atoms. The molecular weight excluding hydrogens is 389 g/mol. The molecule has 2 rings (SSSR count). The Morgan fingerprint density at radius 3 is 2.42 bits per heavy atom. The van der Waals surface area contributed by atoms with Gasteiger partial charge in [-0.1, -0.05) is 55.6 Å². The molecule has 0 fully saturated rings. The van der Waals surface area contributed by atoms with Gasteiger partial charge in [0.05, 0.1) is 0 Å². The number of likely N-dealkylation sites (N-methyl/N-ethyl adjacent to an activating group) is 1. The van der Waals surface area contributed by atoms with Gasteiger partial charge in [-0.25, -0.2) is 0 Å². The highest BCUT2D eigenvalue weighted by Crippen LogP contribution is 2.29. The molecule has 4 heteroatoms. The van der Waals surface area contributed by atoms with Crippen LogP contribution < -0.4 is 5.32 Å². The molecule has 1 N–H and O–H groups in total. The summed E-state index contributed by atoms with van der Waals surface area (Å²) in [6, 6.07) is 14.5. The zero-order chi connectivity index (χ0) is 13.8. The number of hydrogen-bond acceptors (Lipinski definition) is 1. The second-order valence-electron chi connectivity index (χ2n) is 4.34. The average Bonchev–Trinajstić information content (AvgIpc) is 2.41. The van der Waals surface area contributed by atoms with Crippen LogP contribution in [0, 0.1) is 0 Å². The summed E-state index contributed by atoms with van der Waals surface area (Å²) in [5.41, 5.74) is 2.50. The van der Waals surface area contributed by atoms with Crippen molar-refractivity contribution in [2.75, 3.05) is 7.05 Å². The molecule has 0 aliphatic carbocycles. The summed E-state index contributed by atoms with van der Waals surface area (Å²) in [5, 5.41) is 4.14. The summed E-state index contributed by atoms with van der Waals surface area (Å²) >= 11 is 13.1. The van der Waals surface area contributed by atoms with Gasteiger partial charge in [0.15, 0.2) is 0 Å². The Bertz CT molecular complexity index is 555. The summed E-state index contributed by atoms with van der Waals surface area (Å²) < 4.78 is 2.20. The van der Waals surface area contributed by atoms with E-state index in [1.165, 1.54) is 11.1 Å². The largest absolute Gasteiger partial charge is 0.313 e. The van der Waals surface area contributed by atoms with E-state index in [9.17, 15) is 0 Å². The van der Waals surface area contributed by atoms with E-state index in [2.05, 4.69) is 61.4 Å². The molecule has 100 valence electrons. The summed E-state index contributed by atoms with van der Waals surface area (Å²) in [4.78, 5) is 0. The highest BCUT2D eigenvalue weighted by molar-refractivity contribution is 9.11.